The van der Waals surface area contributed by atoms with Crippen LogP contribution in [0, 0.1) is 11.8 Å². The summed E-state index contributed by atoms with van der Waals surface area (Å²) in [5.41, 5.74) is 0. The van der Waals surface area contributed by atoms with Crippen LogP contribution in [0.5, 0.6) is 0 Å². The first-order valence-electron chi connectivity index (χ1n) is 9.92. The molecular formula is C21H31ClO5S. The molecule has 0 saturated heterocycles. The quantitative estimate of drug-likeness (QED) is 0.318. The van der Waals surface area contributed by atoms with Crippen LogP contribution < -0.4 is 0 Å². The van der Waals surface area contributed by atoms with Crippen molar-refractivity contribution >= 4 is 28.9 Å². The number of aliphatic hydroxyl groups excluding tert-OH is 3. The van der Waals surface area contributed by atoms with E-state index in [0.29, 0.717) is 19.3 Å². The lowest BCUT2D eigenvalue weighted by molar-refractivity contribution is -0.136. The molecule has 4 N–H and O–H groups in total. The molecule has 2 rings (SSSR count). The van der Waals surface area contributed by atoms with Crippen molar-refractivity contribution in [3.63, 3.8) is 0 Å². The van der Waals surface area contributed by atoms with Gasteiger partial charge in [-0.25, -0.2) is 0 Å². The molecule has 1 fully saturated rings. The Bertz CT molecular complexity index is 644. The summed E-state index contributed by atoms with van der Waals surface area (Å²) in [5.74, 6) is -0.805. The average Bonchev–Trinajstić information content (AvgIpc) is 3.13. The Balaban J connectivity index is 1.89. The maximum atomic E-state index is 10.8. The second-order valence-corrected chi connectivity index (χ2v) is 9.58. The molecule has 5 nitrogen and oxygen atoms in total. The predicted molar refractivity (Wildman–Crippen MR) is 112 cm³/mol. The van der Waals surface area contributed by atoms with E-state index in [2.05, 4.69) is 0 Å². The molecule has 28 heavy (non-hydrogen) atoms. The summed E-state index contributed by atoms with van der Waals surface area (Å²) in [6.07, 6.45) is 6.36. The Hall–Kier alpha value is -0.920. The first kappa shape index (κ1) is 23.4. The molecule has 0 bridgehead atoms. The summed E-state index contributed by atoms with van der Waals surface area (Å²) in [6.45, 7) is 1.74. The van der Waals surface area contributed by atoms with Crippen molar-refractivity contribution in [2.75, 3.05) is 0 Å². The van der Waals surface area contributed by atoms with Crippen molar-refractivity contribution < 1.29 is 25.2 Å². The van der Waals surface area contributed by atoms with Gasteiger partial charge in [-0.2, -0.15) is 0 Å². The Morgan fingerprint density at radius 1 is 1.32 bits per heavy atom. The van der Waals surface area contributed by atoms with Crippen molar-refractivity contribution in [3.05, 3.63) is 34.0 Å². The number of aryl methyl sites for hydroxylation is 1. The number of aliphatic carboxylic acids is 1. The van der Waals surface area contributed by atoms with Crippen LogP contribution in [0.4, 0.5) is 0 Å². The van der Waals surface area contributed by atoms with Crippen molar-refractivity contribution in [1.29, 1.82) is 0 Å². The Morgan fingerprint density at radius 2 is 2.04 bits per heavy atom. The third kappa shape index (κ3) is 7.48. The highest BCUT2D eigenvalue weighted by molar-refractivity contribution is 7.12. The van der Waals surface area contributed by atoms with Crippen molar-refractivity contribution in [2.24, 2.45) is 11.8 Å². The standard InChI is InChI=1S/C21H31ClO5S/c1-13(23)3-2-4-14(24)5-9-18-17(19(22)12-20(18)25)10-8-15-6-7-16(28-15)11-21(26)27/h5-7,9,13-14,17-20,23-25H,2-4,8,10-12H2,1H3,(H,26,27)/t13-,14+,17-,18-,19-,20-/m1/s1. The van der Waals surface area contributed by atoms with Gasteiger partial charge >= 0.3 is 5.97 Å². The second-order valence-electron chi connectivity index (χ2n) is 7.77. The van der Waals surface area contributed by atoms with E-state index >= 15 is 0 Å². The lowest BCUT2D eigenvalue weighted by Gasteiger charge is -2.20. The molecule has 1 aliphatic rings. The Labute approximate surface area is 175 Å². The van der Waals surface area contributed by atoms with Crippen LogP contribution in [0.3, 0.4) is 0 Å². The first-order chi connectivity index (χ1) is 13.3. The SMILES string of the molecule is C[C@@H](O)CCC[C@H](O)C=C[C@@H]1[C@@H](CCc2ccc(CC(=O)O)s2)[C@H](Cl)C[C@H]1O. The van der Waals surface area contributed by atoms with Crippen LogP contribution >= 0.6 is 22.9 Å². The van der Waals surface area contributed by atoms with Crippen molar-refractivity contribution in [3.8, 4) is 0 Å². The van der Waals surface area contributed by atoms with E-state index in [9.17, 15) is 20.1 Å². The molecule has 1 saturated carbocycles. The van der Waals surface area contributed by atoms with Gasteiger partial charge in [0.2, 0.25) is 0 Å². The summed E-state index contributed by atoms with van der Waals surface area (Å²) in [5, 5.41) is 38.5. The summed E-state index contributed by atoms with van der Waals surface area (Å²) < 4.78 is 0. The highest BCUT2D eigenvalue weighted by atomic mass is 35.5. The molecule has 0 unspecified atom stereocenters. The Morgan fingerprint density at radius 3 is 2.71 bits per heavy atom. The number of carbonyl (C=O) groups is 1. The van der Waals surface area contributed by atoms with Gasteiger partial charge in [0.25, 0.3) is 0 Å². The van der Waals surface area contributed by atoms with Crippen LogP contribution in [0.15, 0.2) is 24.3 Å². The number of rotatable bonds is 11. The molecule has 1 aromatic rings. The molecule has 1 aliphatic carbocycles. The van der Waals surface area contributed by atoms with E-state index < -0.39 is 18.2 Å². The van der Waals surface area contributed by atoms with Crippen LogP contribution in [-0.4, -0.2) is 50.1 Å². The van der Waals surface area contributed by atoms with Crippen LogP contribution in [-0.2, 0) is 17.6 Å². The third-order valence-electron chi connectivity index (χ3n) is 5.31. The molecule has 6 atom stereocenters. The third-order valence-corrected chi connectivity index (χ3v) is 6.96. The monoisotopic (exact) mass is 430 g/mol. The van der Waals surface area contributed by atoms with E-state index in [1.54, 1.807) is 13.0 Å². The van der Waals surface area contributed by atoms with Crippen LogP contribution in [0.1, 0.15) is 48.8 Å². The normalized spacial score (nSPS) is 27.3. The van der Waals surface area contributed by atoms with Gasteiger partial charge in [-0.15, -0.1) is 22.9 Å². The molecule has 1 aromatic heterocycles. The fourth-order valence-corrected chi connectivity index (χ4v) is 5.32. The zero-order valence-corrected chi connectivity index (χ0v) is 17.8. The molecule has 0 aromatic carbocycles. The van der Waals surface area contributed by atoms with E-state index in [-0.39, 0.29) is 29.7 Å². The van der Waals surface area contributed by atoms with E-state index in [0.717, 1.165) is 29.0 Å². The number of alkyl halides is 1. The molecule has 158 valence electrons. The van der Waals surface area contributed by atoms with Gasteiger partial charge < -0.3 is 20.4 Å². The Kier molecular flexibility index (Phi) is 9.44. The minimum absolute atomic E-state index is 0.0449. The summed E-state index contributed by atoms with van der Waals surface area (Å²) in [7, 11) is 0. The van der Waals surface area contributed by atoms with Crippen molar-refractivity contribution in [2.45, 2.75) is 75.6 Å². The second kappa shape index (κ2) is 11.3. The van der Waals surface area contributed by atoms with Crippen LogP contribution in [0.2, 0.25) is 0 Å². The van der Waals surface area contributed by atoms with E-state index in [1.807, 2.05) is 18.2 Å². The number of carboxylic acid groups (broad SMARTS) is 1. The fraction of sp³-hybridized carbons (Fsp3) is 0.667. The molecule has 1 heterocycles. The molecular weight excluding hydrogens is 400 g/mol. The van der Waals surface area contributed by atoms with E-state index in [4.69, 9.17) is 16.7 Å². The topological polar surface area (TPSA) is 98.0 Å². The number of aliphatic hydroxyl groups is 3. The predicted octanol–water partition coefficient (Wildman–Crippen LogP) is 3.38. The number of hydrogen-bond acceptors (Lipinski definition) is 5. The largest absolute Gasteiger partial charge is 0.481 e. The molecule has 0 amide bonds. The van der Waals surface area contributed by atoms with E-state index in [1.165, 1.54) is 11.3 Å². The van der Waals surface area contributed by atoms with Gasteiger partial charge in [-0.1, -0.05) is 12.2 Å². The zero-order valence-electron chi connectivity index (χ0n) is 16.2. The van der Waals surface area contributed by atoms with Gasteiger partial charge in [0.05, 0.1) is 24.7 Å². The maximum absolute atomic E-state index is 10.8. The highest BCUT2D eigenvalue weighted by Crippen LogP contribution is 2.40. The summed E-state index contributed by atoms with van der Waals surface area (Å²) in [4.78, 5) is 12.8. The molecule has 0 aliphatic heterocycles. The molecule has 0 spiro atoms. The van der Waals surface area contributed by atoms with Gasteiger partial charge in [-0.05, 0) is 63.5 Å². The minimum atomic E-state index is -0.828. The highest BCUT2D eigenvalue weighted by Gasteiger charge is 2.39. The lowest BCUT2D eigenvalue weighted by Crippen LogP contribution is -2.20. The summed E-state index contributed by atoms with van der Waals surface area (Å²) in [6, 6.07) is 3.82. The first-order valence-corrected chi connectivity index (χ1v) is 11.2. The van der Waals surface area contributed by atoms with Crippen LogP contribution in [0.25, 0.3) is 0 Å². The number of thiophene rings is 1. The lowest BCUT2D eigenvalue weighted by atomic mass is 9.89. The minimum Gasteiger partial charge on any atom is -0.481 e. The van der Waals surface area contributed by atoms with Gasteiger partial charge in [0, 0.05) is 21.0 Å². The maximum Gasteiger partial charge on any atom is 0.308 e. The fourth-order valence-electron chi connectivity index (χ4n) is 3.82. The molecule has 0 radical (unpaired) electrons. The number of halogens is 1. The zero-order chi connectivity index (χ0) is 20.7. The van der Waals surface area contributed by atoms with Gasteiger partial charge in [-0.3, -0.25) is 4.79 Å². The number of carboxylic acids is 1. The van der Waals surface area contributed by atoms with Gasteiger partial charge in [0.1, 0.15) is 0 Å². The van der Waals surface area contributed by atoms with Gasteiger partial charge in [0.15, 0.2) is 0 Å². The molecule has 7 heteroatoms. The average molecular weight is 431 g/mol. The van der Waals surface area contributed by atoms with Crippen molar-refractivity contribution in [1.82, 2.24) is 0 Å². The number of hydrogen-bond donors (Lipinski definition) is 4. The smallest absolute Gasteiger partial charge is 0.308 e. The summed E-state index contributed by atoms with van der Waals surface area (Å²) >= 11 is 8.00.